The molecule has 2 heterocycles. The van der Waals surface area contributed by atoms with Crippen LogP contribution in [0.5, 0.6) is 0 Å². The molecule has 6 nitrogen and oxygen atoms in total. The molecule has 19 heavy (non-hydrogen) atoms. The molecular formula is C12H12BrN3O3. The Hall–Kier alpha value is -1.76. The SMILES string of the molecule is O=C(O)CCCCc1nc(-c2ccc(Br)cn2)no1. The van der Waals surface area contributed by atoms with Gasteiger partial charge in [-0.1, -0.05) is 5.16 Å². The predicted molar refractivity (Wildman–Crippen MR) is 70.4 cm³/mol. The second-order valence-electron chi connectivity index (χ2n) is 3.97. The van der Waals surface area contributed by atoms with E-state index in [4.69, 9.17) is 9.63 Å². The highest BCUT2D eigenvalue weighted by Crippen LogP contribution is 2.16. The van der Waals surface area contributed by atoms with E-state index in [2.05, 4.69) is 31.1 Å². The van der Waals surface area contributed by atoms with E-state index in [0.717, 1.165) is 4.47 Å². The van der Waals surface area contributed by atoms with Crippen LogP contribution >= 0.6 is 15.9 Å². The van der Waals surface area contributed by atoms with Crippen LogP contribution in [0.15, 0.2) is 27.3 Å². The Bertz CT molecular complexity index is 554. The molecule has 0 amide bonds. The Morgan fingerprint density at radius 3 is 2.89 bits per heavy atom. The van der Waals surface area contributed by atoms with Crippen LogP contribution in [-0.2, 0) is 11.2 Å². The van der Waals surface area contributed by atoms with Crippen LogP contribution < -0.4 is 0 Å². The van der Waals surface area contributed by atoms with Gasteiger partial charge in [0.25, 0.3) is 0 Å². The minimum Gasteiger partial charge on any atom is -0.481 e. The summed E-state index contributed by atoms with van der Waals surface area (Å²) in [6.45, 7) is 0. The van der Waals surface area contributed by atoms with E-state index in [1.165, 1.54) is 0 Å². The average molecular weight is 326 g/mol. The Morgan fingerprint density at radius 2 is 2.21 bits per heavy atom. The molecule has 0 unspecified atom stereocenters. The molecule has 0 radical (unpaired) electrons. The Morgan fingerprint density at radius 1 is 1.37 bits per heavy atom. The minimum absolute atomic E-state index is 0.162. The van der Waals surface area contributed by atoms with Gasteiger partial charge in [0.15, 0.2) is 0 Å². The molecule has 100 valence electrons. The third-order valence-electron chi connectivity index (χ3n) is 2.46. The number of carboxylic acids is 1. The molecule has 0 aliphatic rings. The normalized spacial score (nSPS) is 10.6. The average Bonchev–Trinajstić information content (AvgIpc) is 2.84. The van der Waals surface area contributed by atoms with E-state index < -0.39 is 5.97 Å². The number of carbonyl (C=O) groups is 1. The number of nitrogens with zero attached hydrogens (tertiary/aromatic N) is 3. The highest BCUT2D eigenvalue weighted by molar-refractivity contribution is 9.10. The second kappa shape index (κ2) is 6.42. The van der Waals surface area contributed by atoms with Gasteiger partial charge in [0, 0.05) is 23.5 Å². The van der Waals surface area contributed by atoms with Crippen LogP contribution in [0.4, 0.5) is 0 Å². The summed E-state index contributed by atoms with van der Waals surface area (Å²) < 4.78 is 5.98. The second-order valence-corrected chi connectivity index (χ2v) is 4.89. The number of aromatic nitrogens is 3. The summed E-state index contributed by atoms with van der Waals surface area (Å²) in [4.78, 5) is 18.8. The van der Waals surface area contributed by atoms with Gasteiger partial charge in [-0.3, -0.25) is 9.78 Å². The highest BCUT2D eigenvalue weighted by atomic mass is 79.9. The Balaban J connectivity index is 1.91. The van der Waals surface area contributed by atoms with Crippen molar-refractivity contribution in [3.63, 3.8) is 0 Å². The summed E-state index contributed by atoms with van der Waals surface area (Å²) in [5.74, 6) is 0.163. The fourth-order valence-corrected chi connectivity index (χ4v) is 1.76. The lowest BCUT2D eigenvalue weighted by atomic mass is 10.2. The molecule has 7 heteroatoms. The first-order valence-electron chi connectivity index (χ1n) is 5.81. The van der Waals surface area contributed by atoms with Gasteiger partial charge in [-0.2, -0.15) is 4.98 Å². The van der Waals surface area contributed by atoms with E-state index in [1.807, 2.05) is 6.07 Å². The minimum atomic E-state index is -0.787. The maximum atomic E-state index is 10.4. The number of aliphatic carboxylic acids is 1. The zero-order chi connectivity index (χ0) is 13.7. The van der Waals surface area contributed by atoms with Crippen LogP contribution in [0.1, 0.15) is 25.2 Å². The molecule has 2 aromatic rings. The van der Waals surface area contributed by atoms with Gasteiger partial charge in [-0.15, -0.1) is 0 Å². The van der Waals surface area contributed by atoms with Crippen LogP contribution in [0.2, 0.25) is 0 Å². The topological polar surface area (TPSA) is 89.1 Å². The zero-order valence-electron chi connectivity index (χ0n) is 10.0. The third kappa shape index (κ3) is 4.13. The van der Waals surface area contributed by atoms with Crippen LogP contribution in [0.25, 0.3) is 11.5 Å². The number of carboxylic acid groups (broad SMARTS) is 1. The van der Waals surface area contributed by atoms with Gasteiger partial charge in [0.1, 0.15) is 5.69 Å². The van der Waals surface area contributed by atoms with E-state index in [9.17, 15) is 4.79 Å². The molecule has 0 spiro atoms. The number of pyridine rings is 1. The van der Waals surface area contributed by atoms with Gasteiger partial charge in [0.2, 0.25) is 11.7 Å². The smallest absolute Gasteiger partial charge is 0.303 e. The molecule has 0 bridgehead atoms. The lowest BCUT2D eigenvalue weighted by Crippen LogP contribution is -1.95. The molecule has 0 fully saturated rings. The first kappa shape index (κ1) is 13.7. The van der Waals surface area contributed by atoms with Crippen molar-refractivity contribution in [2.24, 2.45) is 0 Å². The van der Waals surface area contributed by atoms with Crippen molar-refractivity contribution in [2.45, 2.75) is 25.7 Å². The number of rotatable bonds is 6. The molecule has 0 saturated carbocycles. The summed E-state index contributed by atoms with van der Waals surface area (Å²) >= 11 is 3.30. The maximum absolute atomic E-state index is 10.4. The van der Waals surface area contributed by atoms with Gasteiger partial charge >= 0.3 is 5.97 Å². The molecule has 2 rings (SSSR count). The first-order chi connectivity index (χ1) is 9.15. The molecule has 0 saturated heterocycles. The zero-order valence-corrected chi connectivity index (χ0v) is 11.6. The van der Waals surface area contributed by atoms with Gasteiger partial charge in [-0.05, 0) is 40.9 Å². The molecule has 0 aromatic carbocycles. The van der Waals surface area contributed by atoms with Gasteiger partial charge < -0.3 is 9.63 Å². The van der Waals surface area contributed by atoms with Crippen LogP contribution in [-0.4, -0.2) is 26.2 Å². The lowest BCUT2D eigenvalue weighted by Gasteiger charge is -1.94. The standard InChI is InChI=1S/C12H12BrN3O3/c13-8-5-6-9(14-7-8)12-15-10(19-16-12)3-1-2-4-11(17)18/h5-7H,1-4H2,(H,17,18). The molecular weight excluding hydrogens is 314 g/mol. The van der Waals surface area contributed by atoms with E-state index in [0.29, 0.717) is 36.7 Å². The first-order valence-corrected chi connectivity index (χ1v) is 6.61. The summed E-state index contributed by atoms with van der Waals surface area (Å²) in [6, 6.07) is 3.65. The number of unbranched alkanes of at least 4 members (excludes halogenated alkanes) is 1. The molecule has 0 aliphatic carbocycles. The molecule has 0 aliphatic heterocycles. The van der Waals surface area contributed by atoms with Crippen molar-refractivity contribution in [1.29, 1.82) is 0 Å². The third-order valence-corrected chi connectivity index (χ3v) is 2.92. The quantitative estimate of drug-likeness (QED) is 0.821. The molecule has 2 aromatic heterocycles. The fourth-order valence-electron chi connectivity index (χ4n) is 1.52. The van der Waals surface area contributed by atoms with Crippen molar-refractivity contribution in [1.82, 2.24) is 15.1 Å². The summed E-state index contributed by atoms with van der Waals surface area (Å²) in [5, 5.41) is 12.4. The van der Waals surface area contributed by atoms with Crippen molar-refractivity contribution >= 4 is 21.9 Å². The monoisotopic (exact) mass is 325 g/mol. The maximum Gasteiger partial charge on any atom is 0.303 e. The number of hydrogen-bond acceptors (Lipinski definition) is 5. The van der Waals surface area contributed by atoms with Crippen molar-refractivity contribution in [3.8, 4) is 11.5 Å². The van der Waals surface area contributed by atoms with Crippen molar-refractivity contribution in [3.05, 3.63) is 28.7 Å². The fraction of sp³-hybridized carbons (Fsp3) is 0.333. The summed E-state index contributed by atoms with van der Waals surface area (Å²) in [5.41, 5.74) is 0.642. The number of aryl methyl sites for hydroxylation is 1. The molecule has 0 atom stereocenters. The largest absolute Gasteiger partial charge is 0.481 e. The van der Waals surface area contributed by atoms with Gasteiger partial charge in [-0.25, -0.2) is 0 Å². The van der Waals surface area contributed by atoms with E-state index in [-0.39, 0.29) is 6.42 Å². The highest BCUT2D eigenvalue weighted by Gasteiger charge is 2.09. The van der Waals surface area contributed by atoms with Crippen LogP contribution in [0, 0.1) is 0 Å². The van der Waals surface area contributed by atoms with Crippen molar-refractivity contribution < 1.29 is 14.4 Å². The summed E-state index contributed by atoms with van der Waals surface area (Å²) in [7, 11) is 0. The Kier molecular flexibility index (Phi) is 4.62. The lowest BCUT2D eigenvalue weighted by molar-refractivity contribution is -0.137. The van der Waals surface area contributed by atoms with Gasteiger partial charge in [0.05, 0.1) is 0 Å². The van der Waals surface area contributed by atoms with Crippen LogP contribution in [0.3, 0.4) is 0 Å². The van der Waals surface area contributed by atoms with E-state index in [1.54, 1.807) is 12.3 Å². The predicted octanol–water partition coefficient (Wildman–Crippen LogP) is 2.69. The summed E-state index contributed by atoms with van der Waals surface area (Å²) in [6.07, 6.45) is 3.72. The van der Waals surface area contributed by atoms with Crippen molar-refractivity contribution in [2.75, 3.05) is 0 Å². The molecule has 1 N–H and O–H groups in total. The number of hydrogen-bond donors (Lipinski definition) is 1. The number of halogens is 1. The Labute approximate surface area is 118 Å². The van der Waals surface area contributed by atoms with E-state index >= 15 is 0 Å².